The topological polar surface area (TPSA) is 81.4 Å². The van der Waals surface area contributed by atoms with E-state index >= 15 is 0 Å². The lowest BCUT2D eigenvalue weighted by atomic mass is 10.1. The Hall–Kier alpha value is -1.02. The van der Waals surface area contributed by atoms with Crippen molar-refractivity contribution in [1.82, 2.24) is 4.72 Å². The van der Waals surface area contributed by atoms with Crippen LogP contribution in [-0.2, 0) is 20.5 Å². The number of nitrogens with one attached hydrogen (secondary N) is 1. The molecule has 0 aliphatic heterocycles. The van der Waals surface area contributed by atoms with E-state index in [1.807, 2.05) is 0 Å². The summed E-state index contributed by atoms with van der Waals surface area (Å²) in [5.41, 5.74) is 6.79. The molecule has 0 bridgehead atoms. The molecule has 0 aliphatic rings. The maximum atomic E-state index is 12.0. The minimum atomic E-state index is -3.43. The van der Waals surface area contributed by atoms with Crippen LogP contribution in [0.25, 0.3) is 0 Å². The zero-order chi connectivity index (χ0) is 15.7. The summed E-state index contributed by atoms with van der Waals surface area (Å²) in [7, 11) is -3.43. The second-order valence-electron chi connectivity index (χ2n) is 4.64. The van der Waals surface area contributed by atoms with Crippen LogP contribution < -0.4 is 10.5 Å². The molecule has 0 amide bonds. The van der Waals surface area contributed by atoms with E-state index in [4.69, 9.17) is 22.7 Å². The number of unbranched alkanes of at least 4 members (excludes halogenated alkanes) is 1. The highest BCUT2D eigenvalue weighted by Crippen LogP contribution is 2.11. The van der Waals surface area contributed by atoms with Gasteiger partial charge in [-0.1, -0.05) is 49.8 Å². The molecule has 0 spiro atoms. The molecule has 0 aliphatic carbocycles. The fourth-order valence-corrected chi connectivity index (χ4v) is 3.12. The van der Waals surface area contributed by atoms with E-state index in [1.54, 1.807) is 24.3 Å². The molecule has 7 heteroatoms. The van der Waals surface area contributed by atoms with Crippen molar-refractivity contribution in [1.29, 1.82) is 0 Å². The van der Waals surface area contributed by atoms with Crippen LogP contribution in [0.3, 0.4) is 0 Å². The summed E-state index contributed by atoms with van der Waals surface area (Å²) in [4.78, 5) is 0.198. The highest BCUT2D eigenvalue weighted by Gasteiger charge is 2.14. The maximum absolute atomic E-state index is 12.0. The molecular weight excluding hydrogens is 308 g/mol. The van der Waals surface area contributed by atoms with Gasteiger partial charge in [-0.25, -0.2) is 13.1 Å². The van der Waals surface area contributed by atoms with E-state index in [-0.39, 0.29) is 17.3 Å². The quantitative estimate of drug-likeness (QED) is 0.502. The van der Waals surface area contributed by atoms with Crippen molar-refractivity contribution >= 4 is 27.2 Å². The van der Waals surface area contributed by atoms with E-state index in [2.05, 4.69) is 11.6 Å². The lowest BCUT2D eigenvalue weighted by Crippen LogP contribution is -2.29. The third-order valence-corrected chi connectivity index (χ3v) is 4.39. The minimum absolute atomic E-state index is 0.143. The first-order valence-corrected chi connectivity index (χ1v) is 8.95. The van der Waals surface area contributed by atoms with Crippen LogP contribution in [0, 0.1) is 0 Å². The van der Waals surface area contributed by atoms with E-state index in [1.165, 1.54) is 0 Å². The van der Waals surface area contributed by atoms with Crippen LogP contribution in [0.2, 0.25) is 0 Å². The largest absolute Gasteiger partial charge is 0.389 e. The van der Waals surface area contributed by atoms with Crippen LogP contribution in [0.4, 0.5) is 0 Å². The Morgan fingerprint density at radius 2 is 2.05 bits per heavy atom. The summed E-state index contributed by atoms with van der Waals surface area (Å²) in [5, 5.41) is 0. The normalized spacial score (nSPS) is 11.5. The predicted molar refractivity (Wildman–Crippen MR) is 88.7 cm³/mol. The van der Waals surface area contributed by atoms with Gasteiger partial charge in [-0.2, -0.15) is 0 Å². The number of thiocarbonyl (C=S) groups is 1. The summed E-state index contributed by atoms with van der Waals surface area (Å²) in [6.07, 6.45) is 2.04. The number of ether oxygens (including phenoxy) is 1. The molecule has 21 heavy (non-hydrogen) atoms. The number of sulfonamides is 1. The van der Waals surface area contributed by atoms with Crippen molar-refractivity contribution < 1.29 is 13.2 Å². The van der Waals surface area contributed by atoms with Crippen LogP contribution in [0.15, 0.2) is 24.3 Å². The number of hydrogen-bond donors (Lipinski definition) is 2. The van der Waals surface area contributed by atoms with Crippen molar-refractivity contribution in [3.05, 3.63) is 35.4 Å². The van der Waals surface area contributed by atoms with Gasteiger partial charge >= 0.3 is 0 Å². The van der Waals surface area contributed by atoms with Crippen LogP contribution in [0.5, 0.6) is 0 Å². The highest BCUT2D eigenvalue weighted by molar-refractivity contribution is 7.88. The van der Waals surface area contributed by atoms with Gasteiger partial charge in [0.25, 0.3) is 0 Å². The first-order valence-electron chi connectivity index (χ1n) is 6.89. The van der Waals surface area contributed by atoms with Crippen LogP contribution >= 0.6 is 12.2 Å². The lowest BCUT2D eigenvalue weighted by Gasteiger charge is -2.10. The van der Waals surface area contributed by atoms with Gasteiger partial charge in [-0.3, -0.25) is 0 Å². The fourth-order valence-electron chi connectivity index (χ4n) is 1.76. The van der Waals surface area contributed by atoms with Gasteiger partial charge in [-0.15, -0.1) is 0 Å². The number of benzene rings is 1. The average molecular weight is 330 g/mol. The van der Waals surface area contributed by atoms with Crippen molar-refractivity contribution in [2.75, 3.05) is 19.8 Å². The molecule has 0 fully saturated rings. The minimum Gasteiger partial charge on any atom is -0.389 e. The Morgan fingerprint density at radius 1 is 1.33 bits per heavy atom. The summed E-state index contributed by atoms with van der Waals surface area (Å²) >= 11 is 4.93. The summed E-state index contributed by atoms with van der Waals surface area (Å²) < 4.78 is 31.9. The van der Waals surface area contributed by atoms with Gasteiger partial charge in [0.05, 0.1) is 12.4 Å². The van der Waals surface area contributed by atoms with Crippen LogP contribution in [0.1, 0.15) is 30.9 Å². The smallest absolute Gasteiger partial charge is 0.215 e. The molecule has 0 saturated heterocycles. The molecule has 0 unspecified atom stereocenters. The van der Waals surface area contributed by atoms with Gasteiger partial charge in [0.2, 0.25) is 10.0 Å². The van der Waals surface area contributed by atoms with E-state index in [0.717, 1.165) is 12.8 Å². The second-order valence-corrected chi connectivity index (χ2v) is 6.89. The molecule has 1 aromatic rings. The highest BCUT2D eigenvalue weighted by atomic mass is 32.2. The van der Waals surface area contributed by atoms with Crippen LogP contribution in [-0.4, -0.2) is 33.2 Å². The van der Waals surface area contributed by atoms with Crippen molar-refractivity contribution in [2.45, 2.75) is 25.5 Å². The van der Waals surface area contributed by atoms with E-state index < -0.39 is 10.0 Å². The molecule has 0 heterocycles. The van der Waals surface area contributed by atoms with Gasteiger partial charge in [-0.05, 0) is 12.0 Å². The monoisotopic (exact) mass is 330 g/mol. The first-order chi connectivity index (χ1) is 9.96. The average Bonchev–Trinajstić information content (AvgIpc) is 2.42. The third kappa shape index (κ3) is 6.99. The fraction of sp³-hybridized carbons (Fsp3) is 0.500. The summed E-state index contributed by atoms with van der Waals surface area (Å²) in [6.45, 7) is 3.37. The van der Waals surface area contributed by atoms with Crippen molar-refractivity contribution in [3.63, 3.8) is 0 Å². The molecule has 3 N–H and O–H groups in total. The Balaban J connectivity index is 2.51. The van der Waals surface area contributed by atoms with E-state index in [9.17, 15) is 8.42 Å². The Labute approximate surface area is 131 Å². The molecule has 118 valence electrons. The molecule has 0 aromatic heterocycles. The summed E-state index contributed by atoms with van der Waals surface area (Å²) in [5.74, 6) is -0.143. The summed E-state index contributed by atoms with van der Waals surface area (Å²) in [6, 6.07) is 6.98. The van der Waals surface area contributed by atoms with Gasteiger partial charge in [0.15, 0.2) is 0 Å². The maximum Gasteiger partial charge on any atom is 0.215 e. The molecule has 5 nitrogen and oxygen atoms in total. The Kier molecular flexibility index (Phi) is 7.81. The standard InChI is InChI=1S/C14H22N2O3S2/c1-2-3-9-19-10-8-16-21(17,18)11-12-6-4-5-7-13(12)14(15)20/h4-7,16H,2-3,8-11H2,1H3,(H2,15,20). The molecule has 1 rings (SSSR count). The molecular formula is C14H22N2O3S2. The molecule has 0 saturated carbocycles. The zero-order valence-electron chi connectivity index (χ0n) is 12.2. The number of rotatable bonds is 10. The first kappa shape index (κ1) is 18.0. The Morgan fingerprint density at radius 3 is 2.71 bits per heavy atom. The lowest BCUT2D eigenvalue weighted by molar-refractivity contribution is 0.136. The SMILES string of the molecule is CCCCOCCNS(=O)(=O)Cc1ccccc1C(N)=S. The number of hydrogen-bond acceptors (Lipinski definition) is 4. The number of nitrogens with two attached hydrogens (primary N) is 1. The van der Waals surface area contributed by atoms with Crippen molar-refractivity contribution in [3.8, 4) is 0 Å². The van der Waals surface area contributed by atoms with Gasteiger partial charge < -0.3 is 10.5 Å². The predicted octanol–water partition coefficient (Wildman–Crippen LogP) is 1.56. The molecule has 1 aromatic carbocycles. The second kappa shape index (κ2) is 9.09. The van der Waals surface area contributed by atoms with Gasteiger partial charge in [0, 0.05) is 18.7 Å². The Bertz CT molecular complexity index is 559. The molecule has 0 radical (unpaired) electrons. The van der Waals surface area contributed by atoms with Crippen molar-refractivity contribution in [2.24, 2.45) is 5.73 Å². The molecule has 0 atom stereocenters. The third-order valence-electron chi connectivity index (χ3n) is 2.84. The van der Waals surface area contributed by atoms with Gasteiger partial charge in [0.1, 0.15) is 4.99 Å². The zero-order valence-corrected chi connectivity index (χ0v) is 13.8. The van der Waals surface area contributed by atoms with E-state index in [0.29, 0.717) is 24.3 Å².